The molecule has 1 saturated heterocycles. The van der Waals surface area contributed by atoms with E-state index >= 15 is 0 Å². The monoisotopic (exact) mass is 412 g/mol. The number of hydrogen-bond acceptors (Lipinski definition) is 2. The quantitative estimate of drug-likeness (QED) is 0.346. The van der Waals surface area contributed by atoms with Crippen LogP contribution >= 0.6 is 0 Å². The molecular formula is C28H44O2. The lowest BCUT2D eigenvalue weighted by atomic mass is 9.45. The Morgan fingerprint density at radius 3 is 2.57 bits per heavy atom. The minimum atomic E-state index is -0.190. The molecule has 2 saturated carbocycles. The zero-order valence-corrected chi connectivity index (χ0v) is 20.2. The molecule has 0 radical (unpaired) electrons. The highest BCUT2D eigenvalue weighted by Crippen LogP contribution is 2.70. The van der Waals surface area contributed by atoms with Gasteiger partial charge in [-0.3, -0.25) is 4.79 Å². The SMILES string of the molecule is CC(C)CCC[C@@H](C)C1CCC2C3=C(CC[C@@]21C)[C@@]1(C)CC[C@H]2C[C@]1(CC3)C(=O)O2. The topological polar surface area (TPSA) is 26.3 Å². The number of esters is 1. The van der Waals surface area contributed by atoms with Crippen molar-refractivity contribution in [2.45, 2.75) is 118 Å². The van der Waals surface area contributed by atoms with Crippen LogP contribution in [0.1, 0.15) is 112 Å². The largest absolute Gasteiger partial charge is 0.462 e. The molecule has 0 aromatic heterocycles. The number of fused-ring (bicyclic) bond motifs is 4. The number of carbonyl (C=O) groups excluding carboxylic acids is 1. The lowest BCUT2D eigenvalue weighted by molar-refractivity contribution is -0.152. The molecule has 30 heavy (non-hydrogen) atoms. The molecule has 2 nitrogen and oxygen atoms in total. The summed E-state index contributed by atoms with van der Waals surface area (Å²) in [5.41, 5.74) is 3.91. The van der Waals surface area contributed by atoms with Crippen LogP contribution in [-0.2, 0) is 9.53 Å². The molecule has 3 fully saturated rings. The van der Waals surface area contributed by atoms with Crippen molar-refractivity contribution in [2.75, 3.05) is 0 Å². The molecule has 4 aliphatic carbocycles. The van der Waals surface area contributed by atoms with Gasteiger partial charge in [0.05, 0.1) is 5.41 Å². The molecular weight excluding hydrogens is 368 g/mol. The summed E-state index contributed by atoms with van der Waals surface area (Å²) >= 11 is 0. The predicted molar refractivity (Wildman–Crippen MR) is 122 cm³/mol. The first-order valence-electron chi connectivity index (χ1n) is 13.1. The van der Waals surface area contributed by atoms with Crippen molar-refractivity contribution in [2.24, 2.45) is 39.9 Å². The van der Waals surface area contributed by atoms with E-state index in [1.807, 2.05) is 5.57 Å². The second-order valence-corrected chi connectivity index (χ2v) is 12.7. The number of rotatable bonds is 5. The summed E-state index contributed by atoms with van der Waals surface area (Å²) < 4.78 is 5.84. The molecule has 0 amide bonds. The van der Waals surface area contributed by atoms with Crippen molar-refractivity contribution >= 4 is 5.97 Å². The Balaban J connectivity index is 1.41. The maximum Gasteiger partial charge on any atom is 0.313 e. The van der Waals surface area contributed by atoms with Crippen molar-refractivity contribution in [3.8, 4) is 0 Å². The highest BCUT2D eigenvalue weighted by molar-refractivity contribution is 5.82. The molecule has 0 aromatic rings. The smallest absolute Gasteiger partial charge is 0.313 e. The minimum Gasteiger partial charge on any atom is -0.462 e. The van der Waals surface area contributed by atoms with Gasteiger partial charge in [-0.25, -0.2) is 0 Å². The van der Waals surface area contributed by atoms with Gasteiger partial charge >= 0.3 is 5.97 Å². The first-order chi connectivity index (χ1) is 14.2. The van der Waals surface area contributed by atoms with Gasteiger partial charge in [0, 0.05) is 11.8 Å². The molecule has 168 valence electrons. The Hall–Kier alpha value is -0.790. The van der Waals surface area contributed by atoms with E-state index in [4.69, 9.17) is 4.74 Å². The number of carbonyl (C=O) groups is 1. The van der Waals surface area contributed by atoms with Crippen LogP contribution < -0.4 is 0 Å². The fraction of sp³-hybridized carbons (Fsp3) is 0.893. The van der Waals surface area contributed by atoms with Gasteiger partial charge in [0.2, 0.25) is 0 Å². The van der Waals surface area contributed by atoms with E-state index in [0.717, 1.165) is 42.9 Å². The van der Waals surface area contributed by atoms with Gasteiger partial charge in [-0.2, -0.15) is 0 Å². The van der Waals surface area contributed by atoms with E-state index in [9.17, 15) is 4.79 Å². The summed E-state index contributed by atoms with van der Waals surface area (Å²) in [5, 5.41) is 0. The number of allylic oxidation sites excluding steroid dienone is 2. The number of hydrogen-bond donors (Lipinski definition) is 0. The molecule has 0 aromatic carbocycles. The third kappa shape index (κ3) is 2.77. The van der Waals surface area contributed by atoms with Gasteiger partial charge in [-0.05, 0) is 80.5 Å². The summed E-state index contributed by atoms with van der Waals surface area (Å²) in [6.07, 6.45) is 15.3. The van der Waals surface area contributed by atoms with Crippen LogP contribution in [0.5, 0.6) is 0 Å². The Labute approximate surface area is 184 Å². The lowest BCUT2D eigenvalue weighted by Gasteiger charge is -2.56. The van der Waals surface area contributed by atoms with Gasteiger partial charge in [0.1, 0.15) is 6.10 Å². The van der Waals surface area contributed by atoms with Crippen LogP contribution in [0.25, 0.3) is 0 Å². The Morgan fingerprint density at radius 2 is 1.80 bits per heavy atom. The first-order valence-corrected chi connectivity index (χ1v) is 13.1. The van der Waals surface area contributed by atoms with Gasteiger partial charge in [-0.1, -0.05) is 65.0 Å². The summed E-state index contributed by atoms with van der Waals surface area (Å²) in [7, 11) is 0. The molecule has 2 heteroatoms. The lowest BCUT2D eigenvalue weighted by Crippen LogP contribution is -2.52. The number of ether oxygens (including phenoxy) is 1. The third-order valence-electron chi connectivity index (χ3n) is 11.0. The van der Waals surface area contributed by atoms with E-state index in [2.05, 4.69) is 34.6 Å². The maximum absolute atomic E-state index is 13.0. The van der Waals surface area contributed by atoms with E-state index < -0.39 is 0 Å². The summed E-state index contributed by atoms with van der Waals surface area (Å²) in [6.45, 7) is 12.4. The van der Waals surface area contributed by atoms with E-state index in [0.29, 0.717) is 5.41 Å². The van der Waals surface area contributed by atoms with Crippen molar-refractivity contribution in [1.29, 1.82) is 0 Å². The Bertz CT molecular complexity index is 750. The van der Waals surface area contributed by atoms with Gasteiger partial charge in [0.25, 0.3) is 0 Å². The summed E-state index contributed by atoms with van der Waals surface area (Å²) in [6, 6.07) is 0. The van der Waals surface area contributed by atoms with Crippen LogP contribution in [0.15, 0.2) is 11.1 Å². The van der Waals surface area contributed by atoms with Gasteiger partial charge in [-0.15, -0.1) is 0 Å². The first kappa shape index (κ1) is 21.1. The van der Waals surface area contributed by atoms with Gasteiger partial charge in [0.15, 0.2) is 0 Å². The van der Waals surface area contributed by atoms with Crippen LogP contribution in [0.4, 0.5) is 0 Å². The van der Waals surface area contributed by atoms with Crippen LogP contribution in [-0.4, -0.2) is 12.1 Å². The highest BCUT2D eigenvalue weighted by Gasteiger charge is 2.67. The zero-order chi connectivity index (χ0) is 21.3. The third-order valence-corrected chi connectivity index (χ3v) is 11.0. The molecule has 5 rings (SSSR count). The molecule has 2 bridgehead atoms. The molecule has 2 unspecified atom stereocenters. The van der Waals surface area contributed by atoms with Crippen LogP contribution in [0.2, 0.25) is 0 Å². The standard InChI is InChI=1S/C28H44O2/c1-18(2)7-6-8-19(3)22-9-10-23-21-12-16-28-17-20(30-25(28)29)11-15-27(28,5)24(21)13-14-26(22,23)4/h18-20,22-23H,6-17H2,1-5H3/t19-,20+,22?,23?,26-,27-,28-/m1/s1. The highest BCUT2D eigenvalue weighted by atomic mass is 16.6. The Kier molecular flexibility index (Phi) is 4.99. The molecule has 1 heterocycles. The van der Waals surface area contributed by atoms with Crippen LogP contribution in [0.3, 0.4) is 0 Å². The van der Waals surface area contributed by atoms with Gasteiger partial charge < -0.3 is 4.74 Å². The average molecular weight is 413 g/mol. The molecule has 1 aliphatic heterocycles. The van der Waals surface area contributed by atoms with E-state index in [-0.39, 0.29) is 22.9 Å². The molecule has 0 N–H and O–H groups in total. The zero-order valence-electron chi connectivity index (χ0n) is 20.2. The van der Waals surface area contributed by atoms with E-state index in [1.165, 1.54) is 57.8 Å². The predicted octanol–water partition coefficient (Wildman–Crippen LogP) is 7.47. The van der Waals surface area contributed by atoms with Crippen LogP contribution in [0, 0.1) is 39.9 Å². The fourth-order valence-corrected chi connectivity index (χ4v) is 9.25. The normalized spacial score (nSPS) is 45.8. The fourth-order valence-electron chi connectivity index (χ4n) is 9.25. The minimum absolute atomic E-state index is 0.0764. The van der Waals surface area contributed by atoms with Crippen molar-refractivity contribution in [3.05, 3.63) is 11.1 Å². The average Bonchev–Trinajstić information content (AvgIpc) is 3.18. The Morgan fingerprint density at radius 1 is 1.00 bits per heavy atom. The van der Waals surface area contributed by atoms with Crippen molar-refractivity contribution in [1.82, 2.24) is 0 Å². The maximum atomic E-state index is 13.0. The van der Waals surface area contributed by atoms with E-state index in [1.54, 1.807) is 5.57 Å². The second kappa shape index (κ2) is 7.11. The summed E-state index contributed by atoms with van der Waals surface area (Å²) in [4.78, 5) is 13.0. The molecule has 1 spiro atoms. The molecule has 5 aliphatic rings. The van der Waals surface area contributed by atoms with Crippen molar-refractivity contribution in [3.63, 3.8) is 0 Å². The molecule has 7 atom stereocenters. The van der Waals surface area contributed by atoms with Crippen molar-refractivity contribution < 1.29 is 9.53 Å². The summed E-state index contributed by atoms with van der Waals surface area (Å²) in [5.74, 6) is 3.50. The second-order valence-electron chi connectivity index (χ2n) is 12.7.